The molecule has 4 aliphatic rings. The Bertz CT molecular complexity index is 4260. The van der Waals surface area contributed by atoms with Crippen LogP contribution in [0.5, 0.6) is 5.75 Å². The van der Waals surface area contributed by atoms with E-state index >= 15 is 0 Å². The fourth-order valence-electron chi connectivity index (χ4n) is 14.5. The Labute approximate surface area is 538 Å². The number of fused-ring (bicyclic) bond motifs is 8. The molecule has 0 spiro atoms. The van der Waals surface area contributed by atoms with Gasteiger partial charge in [0.25, 0.3) is 0 Å². The van der Waals surface area contributed by atoms with Crippen LogP contribution in [0.2, 0.25) is 0 Å². The molecule has 0 saturated heterocycles. The molecule has 4 aliphatic heterocycles. The van der Waals surface area contributed by atoms with E-state index in [1.54, 1.807) is 6.07 Å². The number of aliphatic hydroxyl groups is 2. The van der Waals surface area contributed by atoms with Gasteiger partial charge in [-0.25, -0.2) is 0 Å². The van der Waals surface area contributed by atoms with Gasteiger partial charge in [-0.1, -0.05) is 234 Å². The molecule has 0 fully saturated rings. The van der Waals surface area contributed by atoms with Crippen LogP contribution in [0.15, 0.2) is 247 Å². The van der Waals surface area contributed by atoms with Crippen LogP contribution < -0.4 is 0 Å². The summed E-state index contributed by atoms with van der Waals surface area (Å²) in [6, 6.07) is 86.7. The van der Waals surface area contributed by atoms with Crippen molar-refractivity contribution in [3.05, 3.63) is 325 Å². The molecule has 4 atom stereocenters. The van der Waals surface area contributed by atoms with Gasteiger partial charge < -0.3 is 34.9 Å². The summed E-state index contributed by atoms with van der Waals surface area (Å²) in [5.41, 5.74) is 18.4. The van der Waals surface area contributed by atoms with E-state index < -0.39 is 0 Å². The predicted molar refractivity (Wildman–Crippen MR) is 375 cm³/mol. The van der Waals surface area contributed by atoms with Crippen LogP contribution in [-0.2, 0) is 39.4 Å². The molecule has 452 valence electrons. The molecule has 7 nitrogen and oxygen atoms in total. The van der Waals surface area contributed by atoms with E-state index in [-0.39, 0.29) is 13.2 Å². The van der Waals surface area contributed by atoms with E-state index in [4.69, 9.17) is 0 Å². The number of rotatable bonds is 6. The van der Waals surface area contributed by atoms with Crippen molar-refractivity contribution in [2.24, 2.45) is 0 Å². The lowest BCUT2D eigenvalue weighted by Crippen LogP contribution is -2.31. The zero-order valence-corrected chi connectivity index (χ0v) is 53.6. The molecule has 0 aromatic heterocycles. The van der Waals surface area contributed by atoms with Crippen molar-refractivity contribution >= 4 is 59.0 Å². The summed E-state index contributed by atoms with van der Waals surface area (Å²) in [4.78, 5) is 9.46. The average molecular weight is 1250 g/mol. The second-order valence-corrected chi connectivity index (χ2v) is 26.4. The largest absolute Gasteiger partial charge is 0.508 e. The first kappa shape index (κ1) is 60.6. The van der Waals surface area contributed by atoms with Crippen molar-refractivity contribution in [2.75, 3.05) is 54.4 Å². The van der Waals surface area contributed by atoms with Gasteiger partial charge >= 0.3 is 0 Å². The Morgan fingerprint density at radius 1 is 0.311 bits per heavy atom. The van der Waals surface area contributed by atoms with Crippen LogP contribution in [-0.4, -0.2) is 89.3 Å². The number of phenols is 1. The van der Waals surface area contributed by atoms with Crippen molar-refractivity contribution in [2.45, 2.75) is 63.1 Å². The van der Waals surface area contributed by atoms with Crippen LogP contribution in [0.25, 0.3) is 43.1 Å². The summed E-state index contributed by atoms with van der Waals surface area (Å²) < 4.78 is 1.17. The lowest BCUT2D eigenvalue weighted by Gasteiger charge is -2.33. The second kappa shape index (κ2) is 27.0. The number of aromatic hydroxyl groups is 1. The first-order valence-electron chi connectivity index (χ1n) is 31.6. The lowest BCUT2D eigenvalue weighted by molar-refractivity contribution is 0.278. The first-order chi connectivity index (χ1) is 43.9. The molecule has 0 aliphatic carbocycles. The van der Waals surface area contributed by atoms with E-state index in [1.807, 2.05) is 6.07 Å². The van der Waals surface area contributed by atoms with Crippen molar-refractivity contribution in [3.63, 3.8) is 0 Å². The van der Waals surface area contributed by atoms with Gasteiger partial charge in [0.1, 0.15) is 5.75 Å². The molecule has 16 rings (SSSR count). The number of halogens is 1. The highest BCUT2D eigenvalue weighted by atomic mass is 79.9. The first-order valence-corrected chi connectivity index (χ1v) is 32.4. The summed E-state index contributed by atoms with van der Waals surface area (Å²) >= 11 is 3.60. The molecule has 8 heteroatoms. The third-order valence-electron chi connectivity index (χ3n) is 19.0. The molecule has 4 heterocycles. The quantitative estimate of drug-likeness (QED) is 0.153. The number of hydrogen-bond acceptors (Lipinski definition) is 7. The summed E-state index contributed by atoms with van der Waals surface area (Å²) in [6.45, 7) is 8.19. The molecule has 0 bridgehead atoms. The van der Waals surface area contributed by atoms with Gasteiger partial charge in [-0.3, -0.25) is 0 Å². The van der Waals surface area contributed by atoms with E-state index in [9.17, 15) is 15.3 Å². The number of nitrogens with zero attached hydrogens (tertiary/aromatic N) is 4. The summed E-state index contributed by atoms with van der Waals surface area (Å²) in [7, 11) is 8.68. The maximum atomic E-state index is 9.75. The maximum absolute atomic E-state index is 9.75. The van der Waals surface area contributed by atoms with Gasteiger partial charge in [0.2, 0.25) is 0 Å². The molecule has 3 N–H and O–H groups in total. The number of likely N-dealkylation sites (N-methyl/N-ethyl adjacent to an activating group) is 4. The number of hydrogen-bond donors (Lipinski definition) is 3. The molecule has 12 aromatic carbocycles. The SMILES string of the molecule is CN1Cc2cc(Br)ccc2C(c2ccc3ccccc3c2)C1.CN1Cc2cc(CO)ccc2C(c2ccc3ccccc3c2)C1.CN1Cc2cc(CO)ccc2C(c2ccc3ccccc3c2)C1.CN1Cc2cc(O)ccc2C(c2ccc3ccccc3c2)C1. The van der Waals surface area contributed by atoms with E-state index in [1.165, 1.54) is 114 Å². The van der Waals surface area contributed by atoms with Crippen LogP contribution >= 0.6 is 15.9 Å². The number of aliphatic hydroxyl groups excluding tert-OH is 2. The molecule has 0 saturated carbocycles. The smallest absolute Gasteiger partial charge is 0.115 e. The Balaban J connectivity index is 0.000000110. The third kappa shape index (κ3) is 13.4. The van der Waals surface area contributed by atoms with Gasteiger partial charge in [-0.15, -0.1) is 0 Å². The van der Waals surface area contributed by atoms with E-state index in [0.29, 0.717) is 29.4 Å². The molecule has 0 amide bonds. The minimum absolute atomic E-state index is 0.109. The van der Waals surface area contributed by atoms with E-state index in [0.717, 1.165) is 63.5 Å². The normalized spacial score (nSPS) is 18.2. The molecule has 90 heavy (non-hydrogen) atoms. The fourth-order valence-corrected chi connectivity index (χ4v) is 14.9. The monoisotopic (exact) mass is 1250 g/mol. The number of phenolic OH excluding ortho intramolecular Hbond substituents is 1. The van der Waals surface area contributed by atoms with Crippen LogP contribution in [0, 0.1) is 0 Å². The van der Waals surface area contributed by atoms with Crippen LogP contribution in [0.4, 0.5) is 0 Å². The lowest BCUT2D eigenvalue weighted by atomic mass is 9.83. The van der Waals surface area contributed by atoms with Crippen molar-refractivity contribution in [3.8, 4) is 5.75 Å². The van der Waals surface area contributed by atoms with Crippen LogP contribution in [0.3, 0.4) is 0 Å². The van der Waals surface area contributed by atoms with Gasteiger partial charge in [0, 0.05) is 80.5 Å². The Kier molecular flexibility index (Phi) is 18.2. The molecular formula is C82H79BrN4O3. The van der Waals surface area contributed by atoms with Crippen molar-refractivity contribution in [1.29, 1.82) is 0 Å². The number of benzene rings is 12. The van der Waals surface area contributed by atoms with Crippen molar-refractivity contribution in [1.82, 2.24) is 19.6 Å². The van der Waals surface area contributed by atoms with Crippen molar-refractivity contribution < 1.29 is 15.3 Å². The molecular weight excluding hydrogens is 1170 g/mol. The fraction of sp³-hybridized carbons (Fsp3) is 0.220. The molecule has 0 radical (unpaired) electrons. The Morgan fingerprint density at radius 2 is 0.589 bits per heavy atom. The minimum atomic E-state index is 0.109. The topological polar surface area (TPSA) is 73.7 Å². The third-order valence-corrected chi connectivity index (χ3v) is 19.4. The highest BCUT2D eigenvalue weighted by Gasteiger charge is 2.29. The zero-order valence-electron chi connectivity index (χ0n) is 52.0. The maximum Gasteiger partial charge on any atom is 0.115 e. The second-order valence-electron chi connectivity index (χ2n) is 25.5. The predicted octanol–water partition coefficient (Wildman–Crippen LogP) is 17.1. The summed E-state index contributed by atoms with van der Waals surface area (Å²) in [6.07, 6.45) is 0. The summed E-state index contributed by atoms with van der Waals surface area (Å²) in [5, 5.41) is 38.9. The highest BCUT2D eigenvalue weighted by Crippen LogP contribution is 2.40. The highest BCUT2D eigenvalue weighted by molar-refractivity contribution is 9.10. The zero-order chi connectivity index (χ0) is 61.8. The molecule has 12 aromatic rings. The Morgan fingerprint density at radius 3 is 0.911 bits per heavy atom. The van der Waals surface area contributed by atoms with Gasteiger partial charge in [-0.05, 0) is 173 Å². The standard InChI is InChI=1S/2C21H21NO.C20H18BrN.C20H19NO/c2*1-22-12-19-10-15(14-23)6-9-20(19)21(13-22)18-8-7-16-4-2-3-5-17(16)11-18;1-22-12-17-11-18(21)8-9-19(17)20(13-22)16-7-6-14-4-2-3-5-15(14)10-16;1-21-12-17-11-18(22)8-9-19(17)20(13-21)16-7-6-14-4-2-3-5-15(14)10-16/h2*2-11,21,23H,12-14H2,1H3;2-11,20H,12-13H2,1H3;2-11,20,22H,12-13H2,1H3. The van der Waals surface area contributed by atoms with Gasteiger partial charge in [-0.2, -0.15) is 0 Å². The average Bonchev–Trinajstić information content (AvgIpc) is 0.946. The minimum Gasteiger partial charge on any atom is -0.508 e. The van der Waals surface area contributed by atoms with Gasteiger partial charge in [0.05, 0.1) is 13.2 Å². The molecule has 4 unspecified atom stereocenters. The van der Waals surface area contributed by atoms with Gasteiger partial charge in [0.15, 0.2) is 0 Å². The summed E-state index contributed by atoms with van der Waals surface area (Å²) in [5.74, 6) is 1.94. The van der Waals surface area contributed by atoms with Crippen LogP contribution in [0.1, 0.15) is 102 Å². The Hall–Kier alpha value is -8.28. The van der Waals surface area contributed by atoms with E-state index in [2.05, 4.69) is 294 Å².